The maximum Gasteiger partial charge on any atom is 0.276 e. The predicted molar refractivity (Wildman–Crippen MR) is 85.6 cm³/mol. The number of rotatable bonds is 3. The Bertz CT molecular complexity index is 723. The maximum atomic E-state index is 13.0. The molecule has 2 aromatic heterocycles. The Balaban J connectivity index is 1.58. The summed E-state index contributed by atoms with van der Waals surface area (Å²) < 4.78 is 7.25. The van der Waals surface area contributed by atoms with Crippen molar-refractivity contribution in [1.29, 1.82) is 0 Å². The first kappa shape index (κ1) is 15.3. The van der Waals surface area contributed by atoms with Gasteiger partial charge in [-0.25, -0.2) is 4.68 Å². The average molecular weight is 330 g/mol. The van der Waals surface area contributed by atoms with Gasteiger partial charge in [0.25, 0.3) is 5.91 Å². The minimum absolute atomic E-state index is 0.0311. The molecule has 0 bridgehead atoms. The lowest BCUT2D eigenvalue weighted by Gasteiger charge is -2.24. The number of hydrogen-bond acceptors (Lipinski definition) is 6. The number of aryl methyl sites for hydroxylation is 1. The summed E-state index contributed by atoms with van der Waals surface area (Å²) in [6.45, 7) is 1.25. The van der Waals surface area contributed by atoms with Crippen molar-refractivity contribution in [3.63, 3.8) is 0 Å². The molecule has 2 aliphatic rings. The molecule has 2 aromatic rings. The first-order valence-corrected chi connectivity index (χ1v) is 8.44. The molecule has 3 heterocycles. The lowest BCUT2D eigenvalue weighted by molar-refractivity contribution is 0.0769. The minimum atomic E-state index is -0.0311. The van der Waals surface area contributed by atoms with Crippen LogP contribution in [0.15, 0.2) is 16.9 Å². The molecule has 1 aliphatic heterocycles. The number of nitrogens with zero attached hydrogens (tertiary/aromatic N) is 6. The van der Waals surface area contributed by atoms with Crippen LogP contribution in [0.2, 0.25) is 0 Å². The van der Waals surface area contributed by atoms with Gasteiger partial charge in [0, 0.05) is 31.3 Å². The van der Waals surface area contributed by atoms with E-state index in [1.165, 1.54) is 0 Å². The van der Waals surface area contributed by atoms with Crippen LogP contribution in [0.1, 0.15) is 40.7 Å². The monoisotopic (exact) mass is 330 g/mol. The van der Waals surface area contributed by atoms with E-state index in [9.17, 15) is 4.79 Å². The molecule has 0 aromatic carbocycles. The third-order valence-corrected chi connectivity index (χ3v) is 5.14. The highest BCUT2D eigenvalue weighted by Gasteiger charge is 2.40. The average Bonchev–Trinajstić information content (AvgIpc) is 3.31. The van der Waals surface area contributed by atoms with E-state index in [1.807, 2.05) is 29.9 Å². The molecule has 24 heavy (non-hydrogen) atoms. The fraction of sp³-hybridized carbons (Fsp3) is 0.625. The predicted octanol–water partition coefficient (Wildman–Crippen LogP) is 0.772. The molecule has 1 fully saturated rings. The molecule has 0 spiro atoms. The summed E-state index contributed by atoms with van der Waals surface area (Å²) in [6, 6.07) is 0.285. The number of carbonyl (C=O) groups excluding carboxylic acids is 1. The summed E-state index contributed by atoms with van der Waals surface area (Å²) in [5.41, 5.74) is 1.51. The maximum absolute atomic E-state index is 13.0. The molecule has 2 atom stereocenters. The van der Waals surface area contributed by atoms with Crippen molar-refractivity contribution in [3.05, 3.63) is 29.4 Å². The smallest absolute Gasteiger partial charge is 0.276 e. The molecule has 1 saturated heterocycles. The molecule has 8 heteroatoms. The van der Waals surface area contributed by atoms with Gasteiger partial charge in [0.1, 0.15) is 5.76 Å². The zero-order valence-electron chi connectivity index (χ0n) is 14.1. The second kappa shape index (κ2) is 6.01. The van der Waals surface area contributed by atoms with Gasteiger partial charge in [-0.1, -0.05) is 10.4 Å². The van der Waals surface area contributed by atoms with Gasteiger partial charge < -0.3 is 14.3 Å². The molecule has 0 radical (unpaired) electrons. The largest absolute Gasteiger partial charge is 0.360 e. The van der Waals surface area contributed by atoms with E-state index in [0.29, 0.717) is 18.8 Å². The summed E-state index contributed by atoms with van der Waals surface area (Å²) in [5.74, 6) is 0.858. The van der Waals surface area contributed by atoms with Crippen molar-refractivity contribution < 1.29 is 9.32 Å². The van der Waals surface area contributed by atoms with Gasteiger partial charge in [-0.2, -0.15) is 0 Å². The molecule has 128 valence electrons. The van der Waals surface area contributed by atoms with E-state index < -0.39 is 0 Å². The highest BCUT2D eigenvalue weighted by molar-refractivity contribution is 5.94. The molecular formula is C16H22N6O2. The Morgan fingerprint density at radius 3 is 2.88 bits per heavy atom. The highest BCUT2D eigenvalue weighted by atomic mass is 16.5. The fourth-order valence-electron chi connectivity index (χ4n) is 3.80. The van der Waals surface area contributed by atoms with Crippen molar-refractivity contribution >= 4 is 5.91 Å². The van der Waals surface area contributed by atoms with Crippen molar-refractivity contribution in [2.24, 2.45) is 0 Å². The van der Waals surface area contributed by atoms with E-state index in [2.05, 4.69) is 20.4 Å². The lowest BCUT2D eigenvalue weighted by atomic mass is 9.96. The highest BCUT2D eigenvalue weighted by Crippen LogP contribution is 2.29. The number of aromatic nitrogens is 4. The standard InChI is InChI=1S/C16H22N6O2/c1-20(2)12-9-21(10-13(12)22-8-7-17-19-22)16(23)15-11-5-3-4-6-14(11)24-18-15/h7-8,12-13H,3-6,9-10H2,1-2H3/t12-,13+/m1/s1. The molecule has 8 nitrogen and oxygen atoms in total. The van der Waals surface area contributed by atoms with Crippen molar-refractivity contribution in [3.8, 4) is 0 Å². The number of amides is 1. The summed E-state index contributed by atoms with van der Waals surface area (Å²) in [6.07, 6.45) is 7.50. The van der Waals surface area contributed by atoms with Crippen LogP contribution in [0.4, 0.5) is 0 Å². The van der Waals surface area contributed by atoms with Crippen LogP contribution in [-0.4, -0.2) is 69.1 Å². The topological polar surface area (TPSA) is 80.3 Å². The quantitative estimate of drug-likeness (QED) is 0.827. The fourth-order valence-corrected chi connectivity index (χ4v) is 3.80. The van der Waals surface area contributed by atoms with Crippen LogP contribution in [0.25, 0.3) is 0 Å². The van der Waals surface area contributed by atoms with Gasteiger partial charge >= 0.3 is 0 Å². The van der Waals surface area contributed by atoms with Crippen molar-refractivity contribution in [1.82, 2.24) is 30.0 Å². The van der Waals surface area contributed by atoms with Gasteiger partial charge in [-0.05, 0) is 33.4 Å². The van der Waals surface area contributed by atoms with E-state index in [1.54, 1.807) is 6.20 Å². The van der Waals surface area contributed by atoms with Crippen LogP contribution in [-0.2, 0) is 12.8 Å². The molecule has 1 aliphatic carbocycles. The molecule has 0 unspecified atom stereocenters. The Labute approximate surface area is 140 Å². The number of carbonyl (C=O) groups is 1. The minimum Gasteiger partial charge on any atom is -0.360 e. The second-order valence-corrected chi connectivity index (χ2v) is 6.83. The lowest BCUT2D eigenvalue weighted by Crippen LogP contribution is -2.37. The van der Waals surface area contributed by atoms with Gasteiger partial charge in [0.15, 0.2) is 5.69 Å². The third-order valence-electron chi connectivity index (χ3n) is 5.14. The van der Waals surface area contributed by atoms with Crippen LogP contribution in [0.5, 0.6) is 0 Å². The van der Waals surface area contributed by atoms with Crippen LogP contribution in [0, 0.1) is 0 Å². The van der Waals surface area contributed by atoms with E-state index in [0.717, 1.165) is 37.0 Å². The second-order valence-electron chi connectivity index (χ2n) is 6.83. The number of likely N-dealkylation sites (tertiary alicyclic amines) is 1. The number of likely N-dealkylation sites (N-methyl/N-ethyl adjacent to an activating group) is 1. The molecule has 1 amide bonds. The van der Waals surface area contributed by atoms with E-state index in [4.69, 9.17) is 4.52 Å². The zero-order valence-corrected chi connectivity index (χ0v) is 14.1. The molecule has 4 rings (SSSR count). The van der Waals surface area contributed by atoms with Gasteiger partial charge in [0.05, 0.1) is 18.3 Å². The van der Waals surface area contributed by atoms with Gasteiger partial charge in [-0.3, -0.25) is 4.79 Å². The first-order chi connectivity index (χ1) is 11.6. The van der Waals surface area contributed by atoms with E-state index in [-0.39, 0.29) is 18.0 Å². The summed E-state index contributed by atoms with van der Waals surface area (Å²) in [7, 11) is 4.06. The molecule has 0 saturated carbocycles. The van der Waals surface area contributed by atoms with Gasteiger partial charge in [0.2, 0.25) is 0 Å². The first-order valence-electron chi connectivity index (χ1n) is 8.44. The number of fused-ring (bicyclic) bond motifs is 1. The van der Waals surface area contributed by atoms with Crippen LogP contribution >= 0.6 is 0 Å². The molecular weight excluding hydrogens is 308 g/mol. The molecule has 0 N–H and O–H groups in total. The normalized spacial score (nSPS) is 23.7. The third kappa shape index (κ3) is 2.50. The van der Waals surface area contributed by atoms with Crippen molar-refractivity contribution in [2.45, 2.75) is 37.8 Å². The zero-order chi connectivity index (χ0) is 16.7. The SMILES string of the molecule is CN(C)[C@@H]1CN(C(=O)c2noc3c2CCCC3)C[C@@H]1n1ccnn1. The van der Waals surface area contributed by atoms with Gasteiger partial charge in [-0.15, -0.1) is 5.10 Å². The Morgan fingerprint density at radius 2 is 2.12 bits per heavy atom. The summed E-state index contributed by atoms with van der Waals surface area (Å²) in [5, 5.41) is 12.1. The Hall–Kier alpha value is -2.22. The van der Waals surface area contributed by atoms with Crippen LogP contribution in [0.3, 0.4) is 0 Å². The Morgan fingerprint density at radius 1 is 1.29 bits per heavy atom. The summed E-state index contributed by atoms with van der Waals surface area (Å²) in [4.78, 5) is 17.0. The number of hydrogen-bond donors (Lipinski definition) is 0. The van der Waals surface area contributed by atoms with Crippen molar-refractivity contribution in [2.75, 3.05) is 27.2 Å². The Kier molecular flexibility index (Phi) is 3.84. The van der Waals surface area contributed by atoms with Crippen LogP contribution < -0.4 is 0 Å². The summed E-state index contributed by atoms with van der Waals surface area (Å²) >= 11 is 0. The van der Waals surface area contributed by atoms with E-state index >= 15 is 0 Å².